The van der Waals surface area contributed by atoms with Crippen molar-refractivity contribution in [3.05, 3.63) is 53.9 Å². The first-order chi connectivity index (χ1) is 14.2. The number of alkyl halides is 3. The number of nitrogens with zero attached hydrogens (tertiary/aromatic N) is 3. The number of H-pyrrole nitrogens is 1. The fraction of sp³-hybridized carbons (Fsp3) is 0.211. The summed E-state index contributed by atoms with van der Waals surface area (Å²) in [6.45, 7) is 0. The molecule has 154 valence electrons. The van der Waals surface area contributed by atoms with Crippen LogP contribution in [0.15, 0.2) is 52.6 Å². The fourth-order valence-electron chi connectivity index (χ4n) is 3.15. The normalized spacial score (nSPS) is 16.9. The molecule has 0 saturated heterocycles. The lowest BCUT2D eigenvalue weighted by Gasteiger charge is -2.28. The van der Waals surface area contributed by atoms with Crippen molar-refractivity contribution in [3.8, 4) is 6.07 Å². The average molecular weight is 433 g/mol. The summed E-state index contributed by atoms with van der Waals surface area (Å²) in [6, 6.07) is 6.70. The molecule has 1 aliphatic carbocycles. The van der Waals surface area contributed by atoms with E-state index in [0.29, 0.717) is 40.8 Å². The molecule has 4 rings (SSSR count). The number of aromatic amines is 1. The first-order valence-corrected chi connectivity index (χ1v) is 10.3. The molecule has 0 spiro atoms. The van der Waals surface area contributed by atoms with Crippen molar-refractivity contribution in [2.24, 2.45) is 4.99 Å². The number of aliphatic imine (C=N–C) groups is 1. The van der Waals surface area contributed by atoms with Gasteiger partial charge in [0.1, 0.15) is 11.7 Å². The summed E-state index contributed by atoms with van der Waals surface area (Å²) in [5.41, 5.74) is 1.17. The fourth-order valence-corrected chi connectivity index (χ4v) is 4.38. The number of sulfonamides is 1. The van der Waals surface area contributed by atoms with E-state index in [1.165, 1.54) is 6.20 Å². The van der Waals surface area contributed by atoms with Crippen LogP contribution in [-0.2, 0) is 16.2 Å². The SMILES string of the molecule is N#Cc1cnc2[nH]ccc2c1N=C1CC(NS(=O)(=O)c2ccc(C(F)(F)F)cc2)C1. The Kier molecular flexibility index (Phi) is 4.83. The zero-order chi connectivity index (χ0) is 21.5. The highest BCUT2D eigenvalue weighted by molar-refractivity contribution is 7.89. The van der Waals surface area contributed by atoms with Crippen molar-refractivity contribution in [1.82, 2.24) is 14.7 Å². The first-order valence-electron chi connectivity index (χ1n) is 8.79. The van der Waals surface area contributed by atoms with Crippen LogP contribution in [0.25, 0.3) is 11.0 Å². The van der Waals surface area contributed by atoms with E-state index in [9.17, 15) is 26.9 Å². The highest BCUT2D eigenvalue weighted by Crippen LogP contribution is 2.32. The van der Waals surface area contributed by atoms with E-state index in [1.54, 1.807) is 12.3 Å². The van der Waals surface area contributed by atoms with E-state index in [0.717, 1.165) is 24.3 Å². The second-order valence-corrected chi connectivity index (χ2v) is 8.51. The van der Waals surface area contributed by atoms with E-state index >= 15 is 0 Å². The van der Waals surface area contributed by atoms with Gasteiger partial charge >= 0.3 is 6.18 Å². The van der Waals surface area contributed by atoms with Crippen LogP contribution < -0.4 is 4.72 Å². The van der Waals surface area contributed by atoms with Gasteiger partial charge in [-0.15, -0.1) is 0 Å². The molecule has 1 aromatic carbocycles. The first kappa shape index (κ1) is 20.1. The van der Waals surface area contributed by atoms with Crippen LogP contribution in [0, 0.1) is 11.3 Å². The van der Waals surface area contributed by atoms with Gasteiger partial charge < -0.3 is 4.98 Å². The molecule has 11 heteroatoms. The van der Waals surface area contributed by atoms with Crippen LogP contribution in [-0.4, -0.2) is 30.1 Å². The number of aromatic nitrogens is 2. The van der Waals surface area contributed by atoms with Gasteiger partial charge in [-0.1, -0.05) is 0 Å². The Balaban J connectivity index is 1.48. The molecule has 0 amide bonds. The summed E-state index contributed by atoms with van der Waals surface area (Å²) < 4.78 is 65.2. The monoisotopic (exact) mass is 433 g/mol. The maximum Gasteiger partial charge on any atom is 0.416 e. The van der Waals surface area contributed by atoms with Crippen LogP contribution >= 0.6 is 0 Å². The smallest absolute Gasteiger partial charge is 0.346 e. The van der Waals surface area contributed by atoms with Gasteiger partial charge in [0.05, 0.1) is 21.7 Å². The van der Waals surface area contributed by atoms with Crippen LogP contribution in [0.2, 0.25) is 0 Å². The van der Waals surface area contributed by atoms with Gasteiger partial charge in [0.15, 0.2) is 0 Å². The predicted molar refractivity (Wildman–Crippen MR) is 103 cm³/mol. The van der Waals surface area contributed by atoms with Gasteiger partial charge in [-0.25, -0.2) is 18.1 Å². The number of nitriles is 1. The third kappa shape index (κ3) is 3.79. The van der Waals surface area contributed by atoms with Crippen molar-refractivity contribution in [2.75, 3.05) is 0 Å². The Morgan fingerprint density at radius 3 is 2.53 bits per heavy atom. The number of halogens is 3. The molecule has 2 heterocycles. The molecule has 1 saturated carbocycles. The van der Waals surface area contributed by atoms with Crippen molar-refractivity contribution < 1.29 is 21.6 Å². The highest BCUT2D eigenvalue weighted by Gasteiger charge is 2.32. The number of hydrogen-bond acceptors (Lipinski definition) is 5. The van der Waals surface area contributed by atoms with Crippen LogP contribution in [0.1, 0.15) is 24.0 Å². The number of rotatable bonds is 4. The predicted octanol–water partition coefficient (Wildman–Crippen LogP) is 3.67. The Morgan fingerprint density at radius 2 is 1.90 bits per heavy atom. The lowest BCUT2D eigenvalue weighted by Crippen LogP contribution is -2.44. The molecule has 2 aromatic heterocycles. The van der Waals surface area contributed by atoms with Crippen molar-refractivity contribution in [2.45, 2.75) is 30.0 Å². The molecule has 0 atom stereocenters. The number of pyridine rings is 1. The highest BCUT2D eigenvalue weighted by atomic mass is 32.2. The molecule has 1 fully saturated rings. The molecule has 0 unspecified atom stereocenters. The molecule has 1 aliphatic rings. The van der Waals surface area contributed by atoms with Gasteiger partial charge in [0, 0.05) is 42.4 Å². The van der Waals surface area contributed by atoms with Gasteiger partial charge in [0.25, 0.3) is 0 Å². The van der Waals surface area contributed by atoms with Crippen molar-refractivity contribution >= 4 is 32.5 Å². The summed E-state index contributed by atoms with van der Waals surface area (Å²) in [6.07, 6.45) is -0.765. The summed E-state index contributed by atoms with van der Waals surface area (Å²) in [4.78, 5) is 11.3. The molecule has 0 bridgehead atoms. The van der Waals surface area contributed by atoms with Crippen LogP contribution in [0.5, 0.6) is 0 Å². The van der Waals surface area contributed by atoms with Crippen molar-refractivity contribution in [3.63, 3.8) is 0 Å². The maximum absolute atomic E-state index is 12.6. The zero-order valence-electron chi connectivity index (χ0n) is 15.2. The molecular formula is C19H14F3N5O2S. The van der Waals surface area contributed by atoms with Crippen LogP contribution in [0.4, 0.5) is 18.9 Å². The number of nitrogens with one attached hydrogen (secondary N) is 2. The summed E-state index contributed by atoms with van der Waals surface area (Å²) in [7, 11) is -3.96. The number of fused-ring (bicyclic) bond motifs is 1. The Labute approximate surface area is 169 Å². The topological polar surface area (TPSA) is 111 Å². The quantitative estimate of drug-likeness (QED) is 0.654. The number of benzene rings is 1. The van der Waals surface area contributed by atoms with E-state index in [4.69, 9.17) is 0 Å². The summed E-state index contributed by atoms with van der Waals surface area (Å²) >= 11 is 0. The Morgan fingerprint density at radius 1 is 1.20 bits per heavy atom. The summed E-state index contributed by atoms with van der Waals surface area (Å²) in [5, 5.41) is 9.98. The lowest BCUT2D eigenvalue weighted by molar-refractivity contribution is -0.137. The Bertz CT molecular complexity index is 1280. The standard InChI is InChI=1S/C19H14F3N5O2S/c20-19(21,22)12-1-3-15(4-2-12)30(28,29)27-14-7-13(8-14)26-17-11(9-23)10-25-18-16(17)5-6-24-18/h1-6,10,14,27H,7-8H2,(H,24,25). The molecule has 7 nitrogen and oxygen atoms in total. The summed E-state index contributed by atoms with van der Waals surface area (Å²) in [5.74, 6) is 0. The Hall–Kier alpha value is -3.23. The third-order valence-electron chi connectivity index (χ3n) is 4.73. The van der Waals surface area contributed by atoms with E-state index in [2.05, 4.69) is 19.7 Å². The third-order valence-corrected chi connectivity index (χ3v) is 6.26. The minimum Gasteiger partial charge on any atom is -0.346 e. The average Bonchev–Trinajstić information content (AvgIpc) is 3.14. The van der Waals surface area contributed by atoms with E-state index < -0.39 is 27.8 Å². The zero-order valence-corrected chi connectivity index (χ0v) is 16.0. The van der Waals surface area contributed by atoms with Crippen molar-refractivity contribution in [1.29, 1.82) is 5.26 Å². The second kappa shape index (κ2) is 7.23. The van der Waals surface area contributed by atoms with Crippen LogP contribution in [0.3, 0.4) is 0 Å². The maximum atomic E-state index is 12.6. The largest absolute Gasteiger partial charge is 0.416 e. The molecule has 2 N–H and O–H groups in total. The molecule has 30 heavy (non-hydrogen) atoms. The lowest BCUT2D eigenvalue weighted by atomic mass is 9.91. The molecular weight excluding hydrogens is 419 g/mol. The minimum absolute atomic E-state index is 0.240. The minimum atomic E-state index is -4.53. The van der Waals surface area contributed by atoms with E-state index in [1.807, 2.05) is 6.07 Å². The van der Waals surface area contributed by atoms with Gasteiger partial charge in [-0.05, 0) is 30.3 Å². The van der Waals surface area contributed by atoms with Gasteiger partial charge in [-0.3, -0.25) is 4.99 Å². The molecule has 0 aliphatic heterocycles. The number of hydrogen-bond donors (Lipinski definition) is 2. The van der Waals surface area contributed by atoms with Gasteiger partial charge in [-0.2, -0.15) is 18.4 Å². The van der Waals surface area contributed by atoms with Gasteiger partial charge in [0.2, 0.25) is 10.0 Å². The molecule has 3 aromatic rings. The van der Waals surface area contributed by atoms with E-state index in [-0.39, 0.29) is 4.90 Å². The molecule has 0 radical (unpaired) electrons. The second-order valence-electron chi connectivity index (χ2n) is 6.80.